The molecule has 4 aliphatic rings. The Morgan fingerprint density at radius 3 is 0.902 bits per heavy atom. The molecule has 92 heavy (non-hydrogen) atoms. The quantitative estimate of drug-likeness (QED) is 0.151. The Balaban J connectivity index is 0.910. The number of anilines is 12. The summed E-state index contributed by atoms with van der Waals surface area (Å²) in [5.41, 5.74) is 31.1. The largest absolute Gasteiger partial charge is 0.306 e. The summed E-state index contributed by atoms with van der Waals surface area (Å²) in [6.45, 7) is 8.73. The minimum Gasteiger partial charge on any atom is -0.306 e. The lowest BCUT2D eigenvalue weighted by molar-refractivity contribution is 0.767. The topological polar surface area (TPSA) is 38.7 Å². The molecule has 0 spiro atoms. The highest BCUT2D eigenvalue weighted by Crippen LogP contribution is 2.65. The van der Waals surface area contributed by atoms with Gasteiger partial charge >= 0.3 is 0 Å². The Hall–Kier alpha value is -11.6. The van der Waals surface area contributed by atoms with Crippen LogP contribution in [-0.2, 0) is 10.8 Å². The molecule has 12 aromatic carbocycles. The second-order valence-corrected chi connectivity index (χ2v) is 25.2. The molecule has 14 aromatic rings. The zero-order chi connectivity index (χ0) is 61.4. The van der Waals surface area contributed by atoms with Crippen molar-refractivity contribution in [3.05, 3.63) is 371 Å². The average molecular weight is 1180 g/mol. The van der Waals surface area contributed by atoms with E-state index in [1.807, 2.05) is 36.9 Å². The lowest BCUT2D eigenvalue weighted by Gasteiger charge is -2.43. The van der Waals surface area contributed by atoms with Crippen LogP contribution < -0.4 is 19.6 Å². The van der Waals surface area contributed by atoms with Crippen LogP contribution in [0.25, 0.3) is 33.0 Å². The number of nitrogens with zero attached hydrogens (tertiary/aromatic N) is 6. The third-order valence-corrected chi connectivity index (χ3v) is 20.1. The van der Waals surface area contributed by atoms with Gasteiger partial charge in [0.1, 0.15) is 0 Å². The first-order valence-electron chi connectivity index (χ1n) is 31.8. The zero-order valence-corrected chi connectivity index (χ0v) is 51.6. The second kappa shape index (κ2) is 20.5. The van der Waals surface area contributed by atoms with Gasteiger partial charge in [-0.25, -0.2) is 0 Å². The SMILES string of the molecule is Cc1ccc(C2(c3ccc(C)cc3)c3ccccc3-c3cc4c(cc32)N(c2cccc3c(N5c6ccccc6N(c6cccnc6)c6cc7c(cc65)C(c5ccc(C)cc5)(c5ccc(C)cc5)c5ccccc5-7)cccc23)c2ccccc2N4c2cccnc2)cc1. The van der Waals surface area contributed by atoms with E-state index in [1.54, 1.807) is 0 Å². The van der Waals surface area contributed by atoms with Gasteiger partial charge in [0.15, 0.2) is 0 Å². The standard InChI is InChI=1S/C86H62N6/c1-55-31-39-59(40-32-55)85(60-41-33-56(2)34-42-60)71-23-7-5-19-65(71)69-49-81-83(51-73(69)85)91(79-27-11-9-25-77(79)89(81)63-17-15-47-87-53-63)75-29-13-22-68-67(75)21-14-30-76(68)92-80-28-12-10-26-78(80)90(64-18-16-48-88-54-64)82-50-70-66-20-6-8-24-72(66)86(74(70)52-84(82)92,61-43-35-57(3)36-44-61)62-45-37-58(4)38-46-62/h5-54H,1-4H3. The molecule has 18 rings (SSSR count). The van der Waals surface area contributed by atoms with Crippen molar-refractivity contribution in [3.8, 4) is 22.3 Å². The molecule has 0 atom stereocenters. The molecule has 436 valence electrons. The first kappa shape index (κ1) is 53.4. The molecule has 2 aliphatic heterocycles. The highest BCUT2D eigenvalue weighted by Gasteiger charge is 2.50. The summed E-state index contributed by atoms with van der Waals surface area (Å²) in [4.78, 5) is 19.5. The van der Waals surface area contributed by atoms with Crippen molar-refractivity contribution in [2.24, 2.45) is 0 Å². The first-order valence-corrected chi connectivity index (χ1v) is 31.8. The molecule has 0 saturated carbocycles. The van der Waals surface area contributed by atoms with Gasteiger partial charge in [-0.2, -0.15) is 0 Å². The Morgan fingerprint density at radius 1 is 0.239 bits per heavy atom. The number of hydrogen-bond donors (Lipinski definition) is 0. The number of rotatable bonds is 8. The van der Waals surface area contributed by atoms with Gasteiger partial charge in [-0.05, 0) is 179 Å². The van der Waals surface area contributed by atoms with Crippen molar-refractivity contribution in [2.45, 2.75) is 38.5 Å². The van der Waals surface area contributed by atoms with E-state index in [9.17, 15) is 0 Å². The van der Waals surface area contributed by atoms with Crippen LogP contribution in [0, 0.1) is 27.7 Å². The number of benzene rings is 12. The van der Waals surface area contributed by atoms with E-state index in [2.05, 4.69) is 314 Å². The summed E-state index contributed by atoms with van der Waals surface area (Å²) in [6.07, 6.45) is 7.72. The van der Waals surface area contributed by atoms with Crippen molar-refractivity contribution in [2.75, 3.05) is 19.6 Å². The van der Waals surface area contributed by atoms with Gasteiger partial charge in [0, 0.05) is 23.2 Å². The van der Waals surface area contributed by atoms with Gasteiger partial charge in [0.2, 0.25) is 0 Å². The number of hydrogen-bond acceptors (Lipinski definition) is 6. The minimum atomic E-state index is -0.646. The molecule has 0 N–H and O–H groups in total. The van der Waals surface area contributed by atoms with E-state index in [4.69, 9.17) is 9.97 Å². The molecular weight excluding hydrogens is 1120 g/mol. The summed E-state index contributed by atoms with van der Waals surface area (Å²) < 4.78 is 0. The molecule has 6 nitrogen and oxygen atoms in total. The van der Waals surface area contributed by atoms with Crippen LogP contribution in [0.1, 0.15) is 66.8 Å². The molecule has 0 fully saturated rings. The maximum absolute atomic E-state index is 4.77. The van der Waals surface area contributed by atoms with Crippen molar-refractivity contribution in [1.29, 1.82) is 0 Å². The molecule has 0 radical (unpaired) electrons. The first-order chi connectivity index (χ1) is 45.3. The van der Waals surface area contributed by atoms with E-state index in [1.165, 1.54) is 89.0 Å². The Kier molecular flexibility index (Phi) is 11.9. The van der Waals surface area contributed by atoms with Gasteiger partial charge in [-0.1, -0.05) is 216 Å². The van der Waals surface area contributed by atoms with Crippen LogP contribution in [0.3, 0.4) is 0 Å². The number of pyridine rings is 2. The zero-order valence-electron chi connectivity index (χ0n) is 51.6. The number of aromatic nitrogens is 2. The minimum absolute atomic E-state index is 0.646. The van der Waals surface area contributed by atoms with E-state index >= 15 is 0 Å². The Morgan fingerprint density at radius 2 is 0.554 bits per heavy atom. The third kappa shape index (κ3) is 7.61. The van der Waals surface area contributed by atoms with E-state index < -0.39 is 10.8 Å². The fourth-order valence-corrected chi connectivity index (χ4v) is 16.0. The van der Waals surface area contributed by atoms with Crippen LogP contribution >= 0.6 is 0 Å². The van der Waals surface area contributed by atoms with Gasteiger partial charge < -0.3 is 19.6 Å². The van der Waals surface area contributed by atoms with Gasteiger partial charge in [0.25, 0.3) is 0 Å². The second-order valence-electron chi connectivity index (χ2n) is 25.2. The lowest BCUT2D eigenvalue weighted by Crippen LogP contribution is -2.30. The van der Waals surface area contributed by atoms with Crippen molar-refractivity contribution in [1.82, 2.24) is 9.97 Å². The van der Waals surface area contributed by atoms with Crippen LogP contribution in [0.15, 0.2) is 304 Å². The molecular formula is C86H62N6. The number of fused-ring (bicyclic) bond motifs is 11. The van der Waals surface area contributed by atoms with Gasteiger partial charge in [-0.15, -0.1) is 0 Å². The Labute approximate surface area is 536 Å². The molecule has 0 unspecified atom stereocenters. The predicted octanol–water partition coefficient (Wildman–Crippen LogP) is 22.1. The maximum Gasteiger partial charge on any atom is 0.0714 e. The van der Waals surface area contributed by atoms with E-state index in [0.29, 0.717) is 0 Å². The van der Waals surface area contributed by atoms with E-state index in [0.717, 1.165) is 79.0 Å². The van der Waals surface area contributed by atoms with Crippen LogP contribution in [0.5, 0.6) is 0 Å². The van der Waals surface area contributed by atoms with Crippen molar-refractivity contribution in [3.63, 3.8) is 0 Å². The van der Waals surface area contributed by atoms with Crippen LogP contribution in [0.4, 0.5) is 68.2 Å². The summed E-state index contributed by atoms with van der Waals surface area (Å²) in [6, 6.07) is 105. The van der Waals surface area contributed by atoms with Gasteiger partial charge in [-0.3, -0.25) is 9.97 Å². The summed E-state index contributed by atoms with van der Waals surface area (Å²) in [5.74, 6) is 0. The molecule has 0 bridgehead atoms. The molecule has 4 heterocycles. The predicted molar refractivity (Wildman–Crippen MR) is 379 cm³/mol. The molecule has 0 amide bonds. The molecule has 2 aromatic heterocycles. The fourth-order valence-electron chi connectivity index (χ4n) is 16.0. The normalized spacial score (nSPS) is 14.2. The monoisotopic (exact) mass is 1180 g/mol. The summed E-state index contributed by atoms with van der Waals surface area (Å²) >= 11 is 0. The number of aryl methyl sites for hydroxylation is 4. The molecule has 0 saturated heterocycles. The average Bonchev–Trinajstić information content (AvgIpc) is 1.47. The highest BCUT2D eigenvalue weighted by atomic mass is 15.3. The fraction of sp³-hybridized carbons (Fsp3) is 0.0698. The molecule has 2 aliphatic carbocycles. The van der Waals surface area contributed by atoms with Crippen LogP contribution in [0.2, 0.25) is 0 Å². The summed E-state index contributed by atoms with van der Waals surface area (Å²) in [7, 11) is 0. The Bertz CT molecular complexity index is 4850. The third-order valence-electron chi connectivity index (χ3n) is 20.1. The van der Waals surface area contributed by atoms with E-state index in [-0.39, 0.29) is 0 Å². The van der Waals surface area contributed by atoms with Crippen molar-refractivity contribution < 1.29 is 0 Å². The lowest BCUT2D eigenvalue weighted by atomic mass is 9.67. The summed E-state index contributed by atoms with van der Waals surface area (Å²) in [5, 5.41) is 2.23. The maximum atomic E-state index is 4.77. The van der Waals surface area contributed by atoms with Crippen LogP contribution in [-0.4, -0.2) is 9.97 Å². The van der Waals surface area contributed by atoms with Crippen molar-refractivity contribution >= 4 is 79.0 Å². The number of para-hydroxylation sites is 4. The smallest absolute Gasteiger partial charge is 0.0714 e. The molecule has 6 heteroatoms. The highest BCUT2D eigenvalue weighted by molar-refractivity contribution is 6.14. The van der Waals surface area contributed by atoms with Gasteiger partial charge in [0.05, 0.1) is 91.5 Å².